The average Bonchev–Trinajstić information content (AvgIpc) is 3.44. The normalized spacial score (nSPS) is 25.6. The number of piperazine rings is 2. The lowest BCUT2D eigenvalue weighted by molar-refractivity contribution is -0.0118. The second-order valence-electron chi connectivity index (χ2n) is 16.7. The lowest BCUT2D eigenvalue weighted by Crippen LogP contribution is -2.68. The van der Waals surface area contributed by atoms with Crippen LogP contribution in [0.5, 0.6) is 11.5 Å². The first-order valence-corrected chi connectivity index (χ1v) is 21.2. The largest absolute Gasteiger partial charge is 0.457 e. The highest BCUT2D eigenvalue weighted by Crippen LogP contribution is 2.58. The van der Waals surface area contributed by atoms with E-state index < -0.39 is 5.41 Å². The molecule has 4 bridgehead atoms. The summed E-state index contributed by atoms with van der Waals surface area (Å²) in [6.07, 6.45) is 6.59. The fourth-order valence-electron chi connectivity index (χ4n) is 10.5. The second-order valence-corrected chi connectivity index (χ2v) is 17.1. The molecule has 57 heavy (non-hydrogen) atoms. The molecule has 10 rings (SSSR count). The molecule has 4 atom stereocenters. The topological polar surface area (TPSA) is 123 Å². The summed E-state index contributed by atoms with van der Waals surface area (Å²) in [6.45, 7) is 6.31. The maximum absolute atomic E-state index is 14.3. The molecule has 3 aromatic rings. The maximum atomic E-state index is 14.3. The summed E-state index contributed by atoms with van der Waals surface area (Å²) >= 11 is 5.74. The molecule has 13 heteroatoms. The molecule has 6 heterocycles. The molecule has 5 saturated heterocycles. The highest BCUT2D eigenvalue weighted by molar-refractivity contribution is 6.52. The van der Waals surface area contributed by atoms with Crippen LogP contribution < -0.4 is 19.9 Å². The lowest BCUT2D eigenvalue weighted by atomic mass is 9.67. The number of unbranched alkanes of at least 4 members (excludes halogenated alkanes) is 3. The molecule has 7 aliphatic rings. The first-order valence-electron chi connectivity index (χ1n) is 20.6. The summed E-state index contributed by atoms with van der Waals surface area (Å²) in [7, 11) is 4.35. The number of rotatable bonds is 15. The Bertz CT molecular complexity index is 2000. The van der Waals surface area contributed by atoms with Gasteiger partial charge in [0.1, 0.15) is 11.5 Å². The second kappa shape index (κ2) is 15.8. The van der Waals surface area contributed by atoms with Gasteiger partial charge in [-0.1, -0.05) is 25.0 Å². The molecular formula is C44H52ClN7O5. The van der Waals surface area contributed by atoms with Crippen LogP contribution in [-0.2, 0) is 14.9 Å². The van der Waals surface area contributed by atoms with Gasteiger partial charge < -0.3 is 44.7 Å². The maximum Gasteiger partial charge on any atom is 0.358 e. The van der Waals surface area contributed by atoms with Crippen LogP contribution in [0.15, 0.2) is 54.6 Å². The van der Waals surface area contributed by atoms with Gasteiger partial charge in [-0.15, -0.1) is 11.6 Å². The van der Waals surface area contributed by atoms with E-state index in [0.717, 1.165) is 76.1 Å². The minimum absolute atomic E-state index is 0.00266. The molecule has 12 nitrogen and oxygen atoms in total. The predicted molar refractivity (Wildman–Crippen MR) is 220 cm³/mol. The first-order chi connectivity index (χ1) is 27.8. The average molecular weight is 794 g/mol. The van der Waals surface area contributed by atoms with Gasteiger partial charge in [-0.2, -0.15) is 4.79 Å². The molecule has 1 N–H and O–H groups in total. The van der Waals surface area contributed by atoms with Crippen molar-refractivity contribution in [3.63, 3.8) is 0 Å². The molecule has 6 aliphatic heterocycles. The van der Waals surface area contributed by atoms with E-state index in [9.17, 15) is 15.1 Å². The Hall–Kier alpha value is -4.29. The highest BCUT2D eigenvalue weighted by Gasteiger charge is 2.62. The van der Waals surface area contributed by atoms with Gasteiger partial charge in [0.2, 0.25) is 0 Å². The summed E-state index contributed by atoms with van der Waals surface area (Å²) in [5.41, 5.74) is 14.4. The van der Waals surface area contributed by atoms with Gasteiger partial charge in [0.15, 0.2) is 5.41 Å². The van der Waals surface area contributed by atoms with E-state index >= 15 is 0 Å². The van der Waals surface area contributed by atoms with Gasteiger partial charge in [-0.3, -0.25) is 9.59 Å². The van der Waals surface area contributed by atoms with Crippen molar-refractivity contribution in [2.24, 2.45) is 0 Å². The monoisotopic (exact) mass is 793 g/mol. The predicted octanol–water partition coefficient (Wildman–Crippen LogP) is 5.34. The number of ether oxygens (including phenoxy) is 3. The van der Waals surface area contributed by atoms with E-state index in [-0.39, 0.29) is 17.4 Å². The van der Waals surface area contributed by atoms with Crippen LogP contribution in [0.4, 0.5) is 11.4 Å². The standard InChI is InChI=1S/C44H52ClN7O5/c1-49-24-31-20-32(25-49)51(31)29-8-11-36-39(22-29)57-40-23-30(52-33-21-34(52)27-50(2)26-33)9-12-37(40)44(36)38-19-28(7-10-35(38)41(53)42(44)48-46)43(54)47-14-16-56-18-17-55-15-6-4-3-5-13-45/h7-12,19,22-23,31-34H,3-6,13-18,20-21,24-27H2,1-2H3,(H,47,54). The third-order valence-corrected chi connectivity index (χ3v) is 13.3. The number of nitrogens with zero attached hydrogens (tertiary/aromatic N) is 6. The number of piperidine rings is 2. The number of alkyl halides is 1. The molecule has 0 aromatic heterocycles. The van der Waals surface area contributed by atoms with E-state index in [0.29, 0.717) is 102 Å². The molecule has 0 saturated carbocycles. The quantitative estimate of drug-likeness (QED) is 0.0941. The number of carbonyl (C=O) groups excluding carboxylic acids is 2. The number of ketones is 1. The fraction of sp³-hybridized carbons (Fsp3) is 0.523. The van der Waals surface area contributed by atoms with Crippen molar-refractivity contribution in [3.8, 4) is 11.5 Å². The molecule has 1 spiro atoms. The van der Waals surface area contributed by atoms with Gasteiger partial charge in [0.05, 0.1) is 19.8 Å². The molecule has 300 valence electrons. The van der Waals surface area contributed by atoms with Crippen molar-refractivity contribution in [2.75, 3.05) is 88.9 Å². The van der Waals surface area contributed by atoms with E-state index in [4.69, 9.17) is 25.8 Å². The highest BCUT2D eigenvalue weighted by atomic mass is 35.5. The molecule has 1 aliphatic carbocycles. The third kappa shape index (κ3) is 6.64. The zero-order valence-electron chi connectivity index (χ0n) is 32.9. The summed E-state index contributed by atoms with van der Waals surface area (Å²) in [5, 5.41) is 2.97. The minimum Gasteiger partial charge on any atom is -0.457 e. The van der Waals surface area contributed by atoms with Gasteiger partial charge in [0, 0.05) is 115 Å². The number of nitrogens with one attached hydrogen (secondary N) is 1. The number of hydrogen-bond acceptors (Lipinski definition) is 9. The van der Waals surface area contributed by atoms with Gasteiger partial charge in [-0.05, 0) is 75.7 Å². The van der Waals surface area contributed by atoms with Crippen molar-refractivity contribution in [1.29, 1.82) is 0 Å². The Morgan fingerprint density at radius 2 is 1.37 bits per heavy atom. The Morgan fingerprint density at radius 1 is 0.789 bits per heavy atom. The molecule has 5 fully saturated rings. The van der Waals surface area contributed by atoms with Crippen LogP contribution in [0.3, 0.4) is 0 Å². The Labute approximate surface area is 339 Å². The van der Waals surface area contributed by atoms with Crippen molar-refractivity contribution >= 4 is 40.4 Å². The Balaban J connectivity index is 1.00. The van der Waals surface area contributed by atoms with E-state index in [1.54, 1.807) is 18.2 Å². The fourth-order valence-corrected chi connectivity index (χ4v) is 10.7. The summed E-state index contributed by atoms with van der Waals surface area (Å²) in [4.78, 5) is 41.5. The van der Waals surface area contributed by atoms with E-state index in [2.05, 4.69) is 68.1 Å². The number of amides is 1. The van der Waals surface area contributed by atoms with Crippen molar-refractivity contribution in [2.45, 2.75) is 68.1 Å². The zero-order chi connectivity index (χ0) is 39.3. The summed E-state index contributed by atoms with van der Waals surface area (Å²) < 4.78 is 18.3. The number of Topliss-reactive ketones (excluding diaryl/α,β-unsaturated/α-hetero) is 1. The summed E-state index contributed by atoms with van der Waals surface area (Å²) in [6, 6.07) is 19.3. The van der Waals surface area contributed by atoms with Crippen LogP contribution in [-0.4, -0.2) is 135 Å². The number of halogens is 1. The van der Waals surface area contributed by atoms with Crippen molar-refractivity contribution < 1.29 is 28.6 Å². The molecule has 4 unspecified atom stereocenters. The number of benzene rings is 3. The number of carbonyl (C=O) groups is 2. The Morgan fingerprint density at radius 3 is 1.95 bits per heavy atom. The van der Waals surface area contributed by atoms with Crippen LogP contribution >= 0.6 is 11.6 Å². The number of fused-ring (bicyclic) bond motifs is 10. The van der Waals surface area contributed by atoms with Crippen LogP contribution in [0.1, 0.15) is 75.9 Å². The molecule has 3 aromatic carbocycles. The van der Waals surface area contributed by atoms with E-state index in [1.165, 1.54) is 0 Å². The molecule has 1 amide bonds. The zero-order valence-corrected chi connectivity index (χ0v) is 33.7. The summed E-state index contributed by atoms with van der Waals surface area (Å²) in [5.74, 6) is 1.27. The van der Waals surface area contributed by atoms with Gasteiger partial charge >= 0.3 is 5.71 Å². The number of likely N-dealkylation sites (N-methyl/N-ethyl adjacent to an activating group) is 2. The number of likely N-dealkylation sites (tertiary alicyclic amines) is 1. The third-order valence-electron chi connectivity index (χ3n) is 13.0. The first kappa shape index (κ1) is 38.2. The van der Waals surface area contributed by atoms with Crippen LogP contribution in [0.25, 0.3) is 5.53 Å². The van der Waals surface area contributed by atoms with Crippen LogP contribution in [0, 0.1) is 0 Å². The van der Waals surface area contributed by atoms with Crippen molar-refractivity contribution in [1.82, 2.24) is 15.1 Å². The van der Waals surface area contributed by atoms with E-state index in [1.807, 2.05) is 12.1 Å². The number of anilines is 2. The smallest absolute Gasteiger partial charge is 0.358 e. The molecule has 0 radical (unpaired) electrons. The molecular weight excluding hydrogens is 742 g/mol. The SMILES string of the molecule is CN1CC2CC(C1)N2c1ccc2c(c1)Oc1cc(N3C4CC3CN(C)C4)ccc1C21C(=[N+]=[N-])C(=O)c2ccc(C(=O)NCCOCCOCCCCCCCl)cc21. The van der Waals surface area contributed by atoms with Crippen molar-refractivity contribution in [3.05, 3.63) is 87.9 Å². The minimum atomic E-state index is -1.30. The van der Waals surface area contributed by atoms with Crippen LogP contribution in [0.2, 0.25) is 0 Å². The van der Waals surface area contributed by atoms with Gasteiger partial charge in [0.25, 0.3) is 11.7 Å². The van der Waals surface area contributed by atoms with Gasteiger partial charge in [-0.25, -0.2) is 0 Å². The number of hydrogen-bond donors (Lipinski definition) is 1. The Kier molecular flexibility index (Phi) is 10.6. The lowest BCUT2D eigenvalue weighted by Gasteiger charge is -2.57.